The van der Waals surface area contributed by atoms with E-state index in [1.165, 1.54) is 6.20 Å². The molecule has 3 aromatic rings. The number of imidazole rings is 1. The van der Waals surface area contributed by atoms with E-state index in [0.29, 0.717) is 35.7 Å². The number of nitrogens with two attached hydrogens (primary N) is 1. The highest BCUT2D eigenvalue weighted by Gasteiger charge is 2.29. The van der Waals surface area contributed by atoms with Gasteiger partial charge in [0.15, 0.2) is 5.82 Å². The number of pyridine rings is 1. The van der Waals surface area contributed by atoms with Crippen LogP contribution in [0.1, 0.15) is 27.2 Å². The predicted molar refractivity (Wildman–Crippen MR) is 118 cm³/mol. The van der Waals surface area contributed by atoms with Gasteiger partial charge in [0, 0.05) is 26.3 Å². The van der Waals surface area contributed by atoms with Crippen LogP contribution in [-0.2, 0) is 11.8 Å². The number of anilines is 2. The van der Waals surface area contributed by atoms with Crippen LogP contribution in [0, 0.1) is 5.82 Å². The lowest BCUT2D eigenvalue weighted by Crippen LogP contribution is -2.40. The minimum Gasteiger partial charge on any atom is -0.444 e. The predicted octanol–water partition coefficient (Wildman–Crippen LogP) is 3.46. The van der Waals surface area contributed by atoms with E-state index in [2.05, 4.69) is 15.2 Å². The van der Waals surface area contributed by atoms with Gasteiger partial charge in [-0.2, -0.15) is 0 Å². The number of nitrogens with zero attached hydrogens (tertiary/aromatic N) is 4. The van der Waals surface area contributed by atoms with E-state index in [1.54, 1.807) is 12.3 Å². The average Bonchev–Trinajstić information content (AvgIpc) is 3.25. The van der Waals surface area contributed by atoms with Crippen molar-refractivity contribution in [3.8, 4) is 11.4 Å². The summed E-state index contributed by atoms with van der Waals surface area (Å²) >= 11 is 0. The van der Waals surface area contributed by atoms with Crippen LogP contribution in [0.2, 0.25) is 0 Å². The molecule has 1 saturated heterocycles. The van der Waals surface area contributed by atoms with Gasteiger partial charge in [-0.25, -0.2) is 14.2 Å². The minimum absolute atomic E-state index is 0.0645. The number of aryl methyl sites for hydroxylation is 1. The Hall–Kier alpha value is -3.36. The molecule has 0 saturated carbocycles. The zero-order valence-electron chi connectivity index (χ0n) is 18.1. The minimum atomic E-state index is -0.551. The molecule has 0 radical (unpaired) electrons. The number of carbonyl (C=O) groups is 1. The van der Waals surface area contributed by atoms with Gasteiger partial charge in [0.2, 0.25) is 0 Å². The molecule has 1 aromatic carbocycles. The van der Waals surface area contributed by atoms with Gasteiger partial charge in [-0.3, -0.25) is 4.98 Å². The van der Waals surface area contributed by atoms with Gasteiger partial charge in [-0.05, 0) is 45.4 Å². The molecule has 164 valence electrons. The van der Waals surface area contributed by atoms with E-state index in [4.69, 9.17) is 15.5 Å². The Morgan fingerprint density at radius 3 is 2.81 bits per heavy atom. The Kier molecular flexibility index (Phi) is 5.20. The fourth-order valence-corrected chi connectivity index (χ4v) is 3.95. The maximum absolute atomic E-state index is 14.4. The van der Waals surface area contributed by atoms with Crippen molar-refractivity contribution in [1.29, 1.82) is 0 Å². The lowest BCUT2D eigenvalue weighted by atomic mass is 10.2. The average molecular weight is 426 g/mol. The Morgan fingerprint density at radius 1 is 1.32 bits per heavy atom. The highest BCUT2D eigenvalue weighted by molar-refractivity contribution is 5.98. The first-order chi connectivity index (χ1) is 14.6. The molecule has 1 atom stereocenters. The van der Waals surface area contributed by atoms with Crippen LogP contribution in [-0.4, -0.2) is 45.4 Å². The number of halogens is 1. The van der Waals surface area contributed by atoms with Crippen LogP contribution in [0.25, 0.3) is 22.4 Å². The summed E-state index contributed by atoms with van der Waals surface area (Å²) in [5.74, 6) is 0.0719. The molecule has 1 aliphatic heterocycles. The molecule has 3 heterocycles. The van der Waals surface area contributed by atoms with Crippen LogP contribution in [0.15, 0.2) is 30.6 Å². The van der Waals surface area contributed by atoms with Gasteiger partial charge < -0.3 is 25.3 Å². The number of alkyl carbamates (subject to hydrolysis) is 1. The van der Waals surface area contributed by atoms with Crippen LogP contribution >= 0.6 is 0 Å². The molecule has 3 N–H and O–H groups in total. The molecule has 1 aliphatic rings. The van der Waals surface area contributed by atoms with Crippen molar-refractivity contribution in [3.05, 3.63) is 36.4 Å². The van der Waals surface area contributed by atoms with Crippen molar-refractivity contribution in [2.24, 2.45) is 7.05 Å². The van der Waals surface area contributed by atoms with Crippen LogP contribution in [0.5, 0.6) is 0 Å². The molecule has 1 fully saturated rings. The van der Waals surface area contributed by atoms with Crippen molar-refractivity contribution < 1.29 is 13.9 Å². The van der Waals surface area contributed by atoms with Crippen LogP contribution in [0.3, 0.4) is 0 Å². The molecular weight excluding hydrogens is 399 g/mol. The molecule has 0 spiro atoms. The van der Waals surface area contributed by atoms with Gasteiger partial charge in [0.1, 0.15) is 16.9 Å². The summed E-state index contributed by atoms with van der Waals surface area (Å²) in [5, 5.41) is 2.93. The zero-order chi connectivity index (χ0) is 22.3. The van der Waals surface area contributed by atoms with Crippen molar-refractivity contribution in [1.82, 2.24) is 19.9 Å². The van der Waals surface area contributed by atoms with Crippen molar-refractivity contribution >= 4 is 28.5 Å². The standard InChI is InChI=1S/C22H27FN6O2/c1-22(2,3)31-21(30)26-13-8-10-29(12-13)19-16(24)5-6-17-18(19)27-20(28(17)4)14-7-9-25-11-15(14)23/h5-7,9,11,13H,8,10,12,24H2,1-4H3,(H,26,30)/t13-/m0/s1. The fourth-order valence-electron chi connectivity index (χ4n) is 3.95. The molecule has 0 aliphatic carbocycles. The Balaban J connectivity index is 1.64. The normalized spacial score (nSPS) is 16.7. The zero-order valence-corrected chi connectivity index (χ0v) is 18.1. The van der Waals surface area contributed by atoms with E-state index in [9.17, 15) is 9.18 Å². The smallest absolute Gasteiger partial charge is 0.407 e. The summed E-state index contributed by atoms with van der Waals surface area (Å²) in [6, 6.07) is 5.26. The Bertz CT molecular complexity index is 1140. The summed E-state index contributed by atoms with van der Waals surface area (Å²) in [6.07, 6.45) is 3.05. The number of fused-ring (bicyclic) bond motifs is 1. The van der Waals surface area contributed by atoms with Crippen LogP contribution in [0.4, 0.5) is 20.6 Å². The lowest BCUT2D eigenvalue weighted by molar-refractivity contribution is 0.0509. The number of aromatic nitrogens is 3. The second kappa shape index (κ2) is 7.72. The number of nitrogens with one attached hydrogen (secondary N) is 1. The Morgan fingerprint density at radius 2 is 2.10 bits per heavy atom. The molecule has 31 heavy (non-hydrogen) atoms. The summed E-state index contributed by atoms with van der Waals surface area (Å²) in [6.45, 7) is 6.79. The third-order valence-electron chi connectivity index (χ3n) is 5.30. The monoisotopic (exact) mass is 426 g/mol. The molecule has 2 aromatic heterocycles. The van der Waals surface area contributed by atoms with Crippen LogP contribution < -0.4 is 16.0 Å². The maximum atomic E-state index is 14.4. The highest BCUT2D eigenvalue weighted by atomic mass is 19.1. The number of hydrogen-bond donors (Lipinski definition) is 2. The number of amides is 1. The largest absolute Gasteiger partial charge is 0.444 e. The Labute approximate surface area is 180 Å². The third kappa shape index (κ3) is 4.12. The highest BCUT2D eigenvalue weighted by Crippen LogP contribution is 2.36. The van der Waals surface area contributed by atoms with Gasteiger partial charge in [-0.15, -0.1) is 0 Å². The van der Waals surface area contributed by atoms with E-state index in [0.717, 1.165) is 17.6 Å². The van der Waals surface area contributed by atoms with Gasteiger partial charge in [0.25, 0.3) is 0 Å². The van der Waals surface area contributed by atoms with E-state index < -0.39 is 17.5 Å². The lowest BCUT2D eigenvalue weighted by Gasteiger charge is -2.23. The van der Waals surface area contributed by atoms with Gasteiger partial charge in [-0.1, -0.05) is 0 Å². The molecular formula is C22H27FN6O2. The number of hydrogen-bond acceptors (Lipinski definition) is 6. The summed E-state index contributed by atoms with van der Waals surface area (Å²) in [7, 11) is 1.85. The topological polar surface area (TPSA) is 98.3 Å². The maximum Gasteiger partial charge on any atom is 0.407 e. The molecule has 4 rings (SSSR count). The molecule has 0 bridgehead atoms. The fraction of sp³-hybridized carbons (Fsp3) is 0.409. The summed E-state index contributed by atoms with van der Waals surface area (Å²) in [5.41, 5.74) is 9.09. The number of benzene rings is 1. The molecule has 9 heteroatoms. The first kappa shape index (κ1) is 20.9. The SMILES string of the molecule is Cn1c(-c2ccncc2F)nc2c(N3CC[C@H](NC(=O)OC(C)(C)C)C3)c(N)ccc21. The quantitative estimate of drug-likeness (QED) is 0.623. The molecule has 0 unspecified atom stereocenters. The number of rotatable bonds is 3. The van der Waals surface area contributed by atoms with Gasteiger partial charge >= 0.3 is 6.09 Å². The van der Waals surface area contributed by atoms with Crippen molar-refractivity contribution in [2.45, 2.75) is 38.8 Å². The van der Waals surface area contributed by atoms with Crippen molar-refractivity contribution in [2.75, 3.05) is 23.7 Å². The van der Waals surface area contributed by atoms with E-state index in [-0.39, 0.29) is 6.04 Å². The first-order valence-electron chi connectivity index (χ1n) is 10.2. The van der Waals surface area contributed by atoms with E-state index >= 15 is 0 Å². The molecule has 8 nitrogen and oxygen atoms in total. The van der Waals surface area contributed by atoms with E-state index in [1.807, 2.05) is 44.5 Å². The summed E-state index contributed by atoms with van der Waals surface area (Å²) in [4.78, 5) is 22.8. The molecule has 1 amide bonds. The second-order valence-corrected chi connectivity index (χ2v) is 8.80. The third-order valence-corrected chi connectivity index (χ3v) is 5.30. The van der Waals surface area contributed by atoms with Gasteiger partial charge in [0.05, 0.1) is 34.7 Å². The first-order valence-corrected chi connectivity index (χ1v) is 10.2. The number of nitrogen functional groups attached to an aromatic ring is 1. The number of carbonyl (C=O) groups excluding carboxylic acids is 1. The number of ether oxygens (including phenoxy) is 1. The van der Waals surface area contributed by atoms with Crippen molar-refractivity contribution in [3.63, 3.8) is 0 Å². The summed E-state index contributed by atoms with van der Waals surface area (Å²) < 4.78 is 21.6. The second-order valence-electron chi connectivity index (χ2n) is 8.80.